The fraction of sp³-hybridized carbons (Fsp3) is 0.350. The molecular formula is C20H24ClNO3S. The van der Waals surface area contributed by atoms with Gasteiger partial charge in [-0.05, 0) is 57.5 Å². The zero-order chi connectivity index (χ0) is 19.3. The normalized spacial score (nSPS) is 13.9. The van der Waals surface area contributed by atoms with Gasteiger partial charge in [0.25, 0.3) is 0 Å². The Morgan fingerprint density at radius 3 is 2.23 bits per heavy atom. The SMILES string of the molecule is Cc1ccc(S(=O)N[C@H](CC(=O)OC(C)(C)C)c2ccc(Cl)cc2)cc1. The monoisotopic (exact) mass is 393 g/mol. The van der Waals surface area contributed by atoms with Gasteiger partial charge in [-0.15, -0.1) is 0 Å². The second kappa shape index (κ2) is 8.80. The lowest BCUT2D eigenvalue weighted by molar-refractivity contribution is -0.155. The average molecular weight is 394 g/mol. The molecule has 6 heteroatoms. The molecule has 0 spiro atoms. The smallest absolute Gasteiger partial charge is 0.308 e. The molecule has 0 aliphatic rings. The van der Waals surface area contributed by atoms with Gasteiger partial charge in [0.15, 0.2) is 0 Å². The molecular weight excluding hydrogens is 370 g/mol. The van der Waals surface area contributed by atoms with Crippen LogP contribution in [-0.4, -0.2) is 15.8 Å². The van der Waals surface area contributed by atoms with Crippen molar-refractivity contribution in [3.63, 3.8) is 0 Å². The van der Waals surface area contributed by atoms with E-state index in [4.69, 9.17) is 16.3 Å². The highest BCUT2D eigenvalue weighted by molar-refractivity contribution is 7.83. The van der Waals surface area contributed by atoms with E-state index < -0.39 is 22.6 Å². The molecule has 2 rings (SSSR count). The van der Waals surface area contributed by atoms with Crippen LogP contribution in [-0.2, 0) is 20.5 Å². The van der Waals surface area contributed by atoms with E-state index in [0.717, 1.165) is 11.1 Å². The van der Waals surface area contributed by atoms with Gasteiger partial charge in [-0.1, -0.05) is 41.4 Å². The van der Waals surface area contributed by atoms with Gasteiger partial charge in [0, 0.05) is 5.02 Å². The third-order valence-electron chi connectivity index (χ3n) is 3.55. The van der Waals surface area contributed by atoms with Crippen LogP contribution in [0.2, 0.25) is 5.02 Å². The van der Waals surface area contributed by atoms with Gasteiger partial charge >= 0.3 is 5.97 Å². The molecule has 0 saturated heterocycles. The number of esters is 1. The Balaban J connectivity index is 2.19. The van der Waals surface area contributed by atoms with Crippen molar-refractivity contribution in [1.29, 1.82) is 0 Å². The molecule has 0 radical (unpaired) electrons. The van der Waals surface area contributed by atoms with Crippen LogP contribution in [0, 0.1) is 6.92 Å². The van der Waals surface area contributed by atoms with E-state index in [9.17, 15) is 9.00 Å². The van der Waals surface area contributed by atoms with E-state index in [1.807, 2.05) is 64.1 Å². The number of hydrogen-bond acceptors (Lipinski definition) is 3. The number of carbonyl (C=O) groups is 1. The quantitative estimate of drug-likeness (QED) is 0.721. The summed E-state index contributed by atoms with van der Waals surface area (Å²) in [5.74, 6) is -0.356. The maximum Gasteiger partial charge on any atom is 0.308 e. The first-order valence-corrected chi connectivity index (χ1v) is 9.89. The Morgan fingerprint density at radius 2 is 1.69 bits per heavy atom. The van der Waals surface area contributed by atoms with Crippen LogP contribution in [0.1, 0.15) is 44.4 Å². The fourth-order valence-electron chi connectivity index (χ4n) is 2.33. The van der Waals surface area contributed by atoms with Crippen molar-refractivity contribution >= 4 is 28.6 Å². The van der Waals surface area contributed by atoms with Gasteiger partial charge < -0.3 is 4.74 Å². The van der Waals surface area contributed by atoms with Crippen LogP contribution in [0.3, 0.4) is 0 Å². The molecule has 1 unspecified atom stereocenters. The van der Waals surface area contributed by atoms with Crippen LogP contribution in [0.4, 0.5) is 0 Å². The summed E-state index contributed by atoms with van der Waals surface area (Å²) in [5.41, 5.74) is 1.34. The summed E-state index contributed by atoms with van der Waals surface area (Å²) in [6.07, 6.45) is 0.0660. The predicted octanol–water partition coefficient (Wildman–Crippen LogP) is 4.73. The van der Waals surface area contributed by atoms with Crippen LogP contribution in [0.15, 0.2) is 53.4 Å². The Morgan fingerprint density at radius 1 is 1.12 bits per heavy atom. The molecule has 1 N–H and O–H groups in total. The van der Waals surface area contributed by atoms with Gasteiger partial charge in [-0.3, -0.25) is 4.79 Å². The van der Waals surface area contributed by atoms with Crippen molar-refractivity contribution in [1.82, 2.24) is 4.72 Å². The summed E-state index contributed by atoms with van der Waals surface area (Å²) >= 11 is 5.95. The van der Waals surface area contributed by atoms with Gasteiger partial charge in [0.1, 0.15) is 16.6 Å². The van der Waals surface area contributed by atoms with E-state index in [-0.39, 0.29) is 12.4 Å². The zero-order valence-corrected chi connectivity index (χ0v) is 17.0. The van der Waals surface area contributed by atoms with Gasteiger partial charge in [-0.25, -0.2) is 8.93 Å². The number of ether oxygens (including phenoxy) is 1. The number of nitrogens with one attached hydrogen (secondary N) is 1. The highest BCUT2D eigenvalue weighted by atomic mass is 35.5. The van der Waals surface area contributed by atoms with Crippen LogP contribution in [0.5, 0.6) is 0 Å². The third kappa shape index (κ3) is 6.56. The number of carbonyl (C=O) groups excluding carboxylic acids is 1. The second-order valence-corrected chi connectivity index (χ2v) is 8.78. The zero-order valence-electron chi connectivity index (χ0n) is 15.4. The van der Waals surface area contributed by atoms with Crippen molar-refractivity contribution in [2.24, 2.45) is 0 Å². The number of aryl methyl sites for hydroxylation is 1. The van der Waals surface area contributed by atoms with Crippen LogP contribution < -0.4 is 4.72 Å². The number of halogens is 1. The molecule has 0 amide bonds. The van der Waals surface area contributed by atoms with Gasteiger partial charge in [0.05, 0.1) is 17.4 Å². The Labute approximate surface area is 162 Å². The average Bonchev–Trinajstić information content (AvgIpc) is 2.53. The summed E-state index contributed by atoms with van der Waals surface area (Å²) in [6.45, 7) is 7.43. The van der Waals surface area contributed by atoms with Gasteiger partial charge in [-0.2, -0.15) is 0 Å². The van der Waals surface area contributed by atoms with Crippen molar-refractivity contribution in [2.45, 2.75) is 50.7 Å². The molecule has 140 valence electrons. The van der Waals surface area contributed by atoms with Crippen molar-refractivity contribution < 1.29 is 13.7 Å². The van der Waals surface area contributed by atoms with Gasteiger partial charge in [0.2, 0.25) is 0 Å². The largest absolute Gasteiger partial charge is 0.460 e. The summed E-state index contributed by atoms with van der Waals surface area (Å²) in [7, 11) is -1.46. The van der Waals surface area contributed by atoms with Crippen molar-refractivity contribution in [3.8, 4) is 0 Å². The molecule has 0 fully saturated rings. The molecule has 26 heavy (non-hydrogen) atoms. The molecule has 2 atom stereocenters. The first-order valence-electron chi connectivity index (χ1n) is 8.36. The minimum Gasteiger partial charge on any atom is -0.460 e. The molecule has 0 aromatic heterocycles. The van der Waals surface area contributed by atoms with Crippen molar-refractivity contribution in [2.75, 3.05) is 0 Å². The molecule has 2 aromatic rings. The number of rotatable bonds is 6. The Hall–Kier alpha value is -1.69. The molecule has 2 aromatic carbocycles. The maximum atomic E-state index is 12.7. The first-order chi connectivity index (χ1) is 12.1. The minimum atomic E-state index is -1.46. The summed E-state index contributed by atoms with van der Waals surface area (Å²) in [5, 5.41) is 0.601. The lowest BCUT2D eigenvalue weighted by Crippen LogP contribution is -2.30. The van der Waals surface area contributed by atoms with Crippen LogP contribution >= 0.6 is 11.6 Å². The molecule has 0 bridgehead atoms. The molecule has 0 aliphatic heterocycles. The van der Waals surface area contributed by atoms with E-state index in [2.05, 4.69) is 4.72 Å². The lowest BCUT2D eigenvalue weighted by Gasteiger charge is -2.23. The second-order valence-electron chi connectivity index (χ2n) is 7.09. The minimum absolute atomic E-state index is 0.0660. The van der Waals surface area contributed by atoms with Crippen molar-refractivity contribution in [3.05, 3.63) is 64.7 Å². The summed E-state index contributed by atoms with van der Waals surface area (Å²) in [6, 6.07) is 14.1. The first kappa shape index (κ1) is 20.6. The number of benzene rings is 2. The van der Waals surface area contributed by atoms with Crippen LogP contribution in [0.25, 0.3) is 0 Å². The Bertz CT molecular complexity index is 767. The fourth-order valence-corrected chi connectivity index (χ4v) is 3.45. The maximum absolute atomic E-state index is 12.7. The number of hydrogen-bond donors (Lipinski definition) is 1. The molecule has 0 saturated carbocycles. The van der Waals surface area contributed by atoms with E-state index in [0.29, 0.717) is 9.92 Å². The molecule has 4 nitrogen and oxygen atoms in total. The highest BCUT2D eigenvalue weighted by Gasteiger charge is 2.23. The standard InChI is InChI=1S/C20H24ClNO3S/c1-14-5-11-17(12-6-14)26(24)22-18(13-19(23)25-20(2,3)4)15-7-9-16(21)10-8-15/h5-12,18,22H,13H2,1-4H3/t18-,26?/m1/s1. The topological polar surface area (TPSA) is 55.4 Å². The highest BCUT2D eigenvalue weighted by Crippen LogP contribution is 2.23. The van der Waals surface area contributed by atoms with E-state index >= 15 is 0 Å². The molecule has 0 aliphatic carbocycles. The summed E-state index contributed by atoms with van der Waals surface area (Å²) in [4.78, 5) is 12.9. The summed E-state index contributed by atoms with van der Waals surface area (Å²) < 4.78 is 21.1. The third-order valence-corrected chi connectivity index (χ3v) is 5.00. The van der Waals surface area contributed by atoms with E-state index in [1.165, 1.54) is 0 Å². The van der Waals surface area contributed by atoms with E-state index in [1.54, 1.807) is 12.1 Å². The molecule has 0 heterocycles. The Kier molecular flexibility index (Phi) is 6.98. The predicted molar refractivity (Wildman–Crippen MR) is 105 cm³/mol. The lowest BCUT2D eigenvalue weighted by atomic mass is 10.0.